The van der Waals surface area contributed by atoms with Gasteiger partial charge in [0, 0.05) is 37.7 Å². The summed E-state index contributed by atoms with van der Waals surface area (Å²) in [4.78, 5) is 31.3. The molecule has 0 bridgehead atoms. The Labute approximate surface area is 205 Å². The van der Waals surface area contributed by atoms with Crippen LogP contribution < -0.4 is 4.90 Å². The number of carbonyl (C=O) groups excluding carboxylic acids is 2. The molecule has 0 spiro atoms. The molecule has 0 atom stereocenters. The van der Waals surface area contributed by atoms with Crippen LogP contribution in [-0.2, 0) is 4.79 Å². The highest BCUT2D eigenvalue weighted by Crippen LogP contribution is 2.32. The van der Waals surface area contributed by atoms with E-state index in [9.17, 15) is 9.59 Å². The Morgan fingerprint density at radius 2 is 1.38 bits per heavy atom. The summed E-state index contributed by atoms with van der Waals surface area (Å²) in [6.45, 7) is 5.33. The zero-order valence-corrected chi connectivity index (χ0v) is 19.8. The zero-order chi connectivity index (χ0) is 23.5. The SMILES string of the molecule is O=C1C(=O)N(CCCN2CCN(C(c3ccccc3)c3ccccc3)CC2)c2cc(Cl)ccc21. The van der Waals surface area contributed by atoms with Crippen molar-refractivity contribution < 1.29 is 9.59 Å². The zero-order valence-electron chi connectivity index (χ0n) is 19.1. The lowest BCUT2D eigenvalue weighted by Crippen LogP contribution is -2.48. The van der Waals surface area contributed by atoms with E-state index in [1.54, 1.807) is 23.1 Å². The van der Waals surface area contributed by atoms with Gasteiger partial charge in [-0.05, 0) is 42.3 Å². The third-order valence-corrected chi connectivity index (χ3v) is 7.03. The number of hydrogen-bond donors (Lipinski definition) is 0. The molecule has 0 aliphatic carbocycles. The number of Topliss-reactive ketones (excluding diaryl/α,β-unsaturated/α-hetero) is 1. The smallest absolute Gasteiger partial charge is 0.299 e. The number of anilines is 1. The molecule has 0 aromatic heterocycles. The molecule has 0 N–H and O–H groups in total. The van der Waals surface area contributed by atoms with Gasteiger partial charge in [0.1, 0.15) is 0 Å². The normalized spacial score (nSPS) is 16.9. The molecule has 1 saturated heterocycles. The van der Waals surface area contributed by atoms with E-state index in [2.05, 4.69) is 70.5 Å². The van der Waals surface area contributed by atoms with Gasteiger partial charge in [-0.15, -0.1) is 0 Å². The summed E-state index contributed by atoms with van der Waals surface area (Å²) < 4.78 is 0. The van der Waals surface area contributed by atoms with Gasteiger partial charge in [0.15, 0.2) is 0 Å². The Morgan fingerprint density at radius 3 is 2.00 bits per heavy atom. The molecule has 3 aromatic carbocycles. The van der Waals surface area contributed by atoms with Crippen molar-refractivity contribution in [2.24, 2.45) is 0 Å². The molecule has 0 unspecified atom stereocenters. The van der Waals surface area contributed by atoms with Crippen LogP contribution in [0.1, 0.15) is 33.9 Å². The number of piperazine rings is 1. The minimum atomic E-state index is -0.448. The maximum atomic E-state index is 12.5. The van der Waals surface area contributed by atoms with E-state index < -0.39 is 11.7 Å². The van der Waals surface area contributed by atoms with Crippen LogP contribution in [0.3, 0.4) is 0 Å². The van der Waals surface area contributed by atoms with Crippen LogP contribution in [0.2, 0.25) is 5.02 Å². The number of ketones is 1. The minimum Gasteiger partial charge on any atom is -0.305 e. The van der Waals surface area contributed by atoms with E-state index in [1.807, 2.05) is 0 Å². The molecule has 2 aliphatic rings. The fourth-order valence-corrected chi connectivity index (χ4v) is 5.24. The molecule has 2 aliphatic heterocycles. The first-order chi connectivity index (χ1) is 16.6. The standard InChI is InChI=1S/C28H28ClN3O2/c29-23-12-13-24-25(20-23)32(28(34)27(24)33)15-7-14-30-16-18-31(19-17-30)26(21-8-3-1-4-9-21)22-10-5-2-6-11-22/h1-6,8-13,20,26H,7,14-19H2. The second-order valence-electron chi connectivity index (χ2n) is 8.90. The van der Waals surface area contributed by atoms with Crippen molar-refractivity contribution in [3.63, 3.8) is 0 Å². The molecule has 0 radical (unpaired) electrons. The van der Waals surface area contributed by atoms with Gasteiger partial charge in [0.05, 0.1) is 17.3 Å². The van der Waals surface area contributed by atoms with Gasteiger partial charge in [0.25, 0.3) is 11.7 Å². The first kappa shape index (κ1) is 22.8. The topological polar surface area (TPSA) is 43.9 Å². The number of benzene rings is 3. The number of halogens is 1. The number of fused-ring (bicyclic) bond motifs is 1. The second kappa shape index (κ2) is 10.1. The van der Waals surface area contributed by atoms with Crippen molar-refractivity contribution in [1.29, 1.82) is 0 Å². The summed E-state index contributed by atoms with van der Waals surface area (Å²) in [6.07, 6.45) is 0.811. The van der Waals surface area contributed by atoms with Crippen molar-refractivity contribution in [2.75, 3.05) is 44.2 Å². The van der Waals surface area contributed by atoms with Crippen molar-refractivity contribution in [3.05, 3.63) is 101 Å². The minimum absolute atomic E-state index is 0.249. The lowest BCUT2D eigenvalue weighted by Gasteiger charge is -2.40. The van der Waals surface area contributed by atoms with Crippen LogP contribution in [0.15, 0.2) is 78.9 Å². The van der Waals surface area contributed by atoms with Gasteiger partial charge >= 0.3 is 0 Å². The Morgan fingerprint density at radius 1 is 0.765 bits per heavy atom. The fourth-order valence-electron chi connectivity index (χ4n) is 5.07. The molecule has 1 amide bonds. The summed E-state index contributed by atoms with van der Waals surface area (Å²) in [6, 6.07) is 26.7. The lowest BCUT2D eigenvalue weighted by atomic mass is 9.96. The highest BCUT2D eigenvalue weighted by Gasteiger charge is 2.35. The van der Waals surface area contributed by atoms with Crippen LogP contribution in [-0.4, -0.2) is 60.8 Å². The van der Waals surface area contributed by atoms with Crippen LogP contribution >= 0.6 is 11.6 Å². The van der Waals surface area contributed by atoms with E-state index in [0.29, 0.717) is 22.8 Å². The van der Waals surface area contributed by atoms with Crippen LogP contribution in [0, 0.1) is 0 Å². The number of rotatable bonds is 7. The van der Waals surface area contributed by atoms with Gasteiger partial charge in [-0.25, -0.2) is 0 Å². The first-order valence-corrected chi connectivity index (χ1v) is 12.2. The quantitative estimate of drug-likeness (QED) is 0.468. The van der Waals surface area contributed by atoms with Crippen LogP contribution in [0.4, 0.5) is 5.69 Å². The van der Waals surface area contributed by atoms with Crippen molar-refractivity contribution >= 4 is 29.0 Å². The molecule has 6 heteroatoms. The van der Waals surface area contributed by atoms with Crippen LogP contribution in [0.5, 0.6) is 0 Å². The number of hydrogen-bond acceptors (Lipinski definition) is 4. The molecule has 5 rings (SSSR count). The average molecular weight is 474 g/mol. The highest BCUT2D eigenvalue weighted by molar-refractivity contribution is 6.52. The predicted octanol–water partition coefficient (Wildman–Crippen LogP) is 4.67. The van der Waals surface area contributed by atoms with Gasteiger partial charge in [-0.3, -0.25) is 14.5 Å². The summed E-state index contributed by atoms with van der Waals surface area (Å²) in [5.74, 6) is -0.885. The predicted molar refractivity (Wildman–Crippen MR) is 135 cm³/mol. The summed E-state index contributed by atoms with van der Waals surface area (Å²) in [5, 5.41) is 0.536. The number of carbonyl (C=O) groups is 2. The number of amides is 1. The summed E-state index contributed by atoms with van der Waals surface area (Å²) >= 11 is 6.11. The average Bonchev–Trinajstić information content (AvgIpc) is 3.10. The van der Waals surface area contributed by atoms with Gasteiger partial charge in [-0.1, -0.05) is 72.3 Å². The third-order valence-electron chi connectivity index (χ3n) is 6.79. The second-order valence-corrected chi connectivity index (χ2v) is 9.34. The molecule has 174 valence electrons. The monoisotopic (exact) mass is 473 g/mol. The van der Waals surface area contributed by atoms with Crippen molar-refractivity contribution in [1.82, 2.24) is 9.80 Å². The lowest BCUT2D eigenvalue weighted by molar-refractivity contribution is -0.114. The van der Waals surface area contributed by atoms with E-state index >= 15 is 0 Å². The maximum Gasteiger partial charge on any atom is 0.299 e. The van der Waals surface area contributed by atoms with Crippen LogP contribution in [0.25, 0.3) is 0 Å². The molecule has 0 saturated carbocycles. The van der Waals surface area contributed by atoms with E-state index in [0.717, 1.165) is 39.1 Å². The van der Waals surface area contributed by atoms with E-state index in [-0.39, 0.29) is 6.04 Å². The molecular formula is C28H28ClN3O2. The highest BCUT2D eigenvalue weighted by atomic mass is 35.5. The fraction of sp³-hybridized carbons (Fsp3) is 0.286. The summed E-state index contributed by atoms with van der Waals surface area (Å²) in [7, 11) is 0. The summed E-state index contributed by atoms with van der Waals surface area (Å²) in [5.41, 5.74) is 3.73. The van der Waals surface area contributed by atoms with E-state index in [4.69, 9.17) is 11.6 Å². The maximum absolute atomic E-state index is 12.5. The van der Waals surface area contributed by atoms with Crippen molar-refractivity contribution in [3.8, 4) is 0 Å². The molecule has 3 aromatic rings. The molecule has 2 heterocycles. The molecule has 5 nitrogen and oxygen atoms in total. The molecule has 1 fully saturated rings. The molecular weight excluding hydrogens is 446 g/mol. The third kappa shape index (κ3) is 4.64. The molecule has 34 heavy (non-hydrogen) atoms. The van der Waals surface area contributed by atoms with Gasteiger partial charge < -0.3 is 9.80 Å². The number of nitrogens with zero attached hydrogens (tertiary/aromatic N) is 3. The Bertz CT molecular complexity index is 1120. The Kier molecular flexibility index (Phi) is 6.77. The first-order valence-electron chi connectivity index (χ1n) is 11.8. The Hall–Kier alpha value is -2.99. The largest absolute Gasteiger partial charge is 0.305 e. The van der Waals surface area contributed by atoms with Gasteiger partial charge in [-0.2, -0.15) is 0 Å². The van der Waals surface area contributed by atoms with Gasteiger partial charge in [0.2, 0.25) is 0 Å². The Balaban J connectivity index is 1.19. The van der Waals surface area contributed by atoms with E-state index in [1.165, 1.54) is 11.1 Å². The van der Waals surface area contributed by atoms with Crippen molar-refractivity contribution in [2.45, 2.75) is 12.5 Å².